The number of nitrogens with one attached hydrogen (secondary N) is 2. The van der Waals surface area contributed by atoms with Crippen molar-refractivity contribution in [1.29, 1.82) is 0 Å². The summed E-state index contributed by atoms with van der Waals surface area (Å²) in [5, 5.41) is 15.6. The molecule has 0 radical (unpaired) electrons. The minimum Gasteiger partial charge on any atom is -0.344 e. The molecule has 6 nitrogen and oxygen atoms in total. The largest absolute Gasteiger partial charge is 0.344 e. The fraction of sp³-hybridized carbons (Fsp3) is 0.786. The zero-order valence-corrected chi connectivity index (χ0v) is 13.3. The summed E-state index contributed by atoms with van der Waals surface area (Å²) in [6.45, 7) is 3.25. The fourth-order valence-corrected chi connectivity index (χ4v) is 4.02. The maximum absolute atomic E-state index is 11.9. The molecule has 2 heterocycles. The summed E-state index contributed by atoms with van der Waals surface area (Å²) >= 11 is 1.46. The van der Waals surface area contributed by atoms with Gasteiger partial charge in [0.25, 0.3) is 0 Å². The number of urea groups is 1. The van der Waals surface area contributed by atoms with Gasteiger partial charge in [0.05, 0.1) is 0 Å². The van der Waals surface area contributed by atoms with Crippen molar-refractivity contribution in [2.24, 2.45) is 0 Å². The first kappa shape index (κ1) is 14.6. The SMILES string of the molecule is CC1CCCCN1c1nnc(NC(=O)NC2CCCC2)s1. The number of aromatic nitrogens is 2. The number of hydrogen-bond donors (Lipinski definition) is 2. The maximum Gasteiger partial charge on any atom is 0.321 e. The number of hydrogen-bond acceptors (Lipinski definition) is 5. The van der Waals surface area contributed by atoms with Crippen LogP contribution in [0.1, 0.15) is 51.9 Å². The van der Waals surface area contributed by atoms with Crippen molar-refractivity contribution in [3.8, 4) is 0 Å². The van der Waals surface area contributed by atoms with E-state index in [1.165, 1.54) is 43.4 Å². The van der Waals surface area contributed by atoms with E-state index in [4.69, 9.17) is 0 Å². The molecular weight excluding hydrogens is 286 g/mol. The monoisotopic (exact) mass is 309 g/mol. The lowest BCUT2D eigenvalue weighted by atomic mass is 10.1. The number of amides is 2. The van der Waals surface area contributed by atoms with Crippen molar-refractivity contribution in [1.82, 2.24) is 15.5 Å². The van der Waals surface area contributed by atoms with Crippen LogP contribution in [-0.2, 0) is 0 Å². The van der Waals surface area contributed by atoms with Crippen LogP contribution in [0.5, 0.6) is 0 Å². The molecule has 3 rings (SSSR count). The number of carbonyl (C=O) groups excluding carboxylic acids is 1. The third-order valence-corrected chi connectivity index (χ3v) is 5.25. The molecule has 1 unspecified atom stereocenters. The van der Waals surface area contributed by atoms with E-state index in [0.29, 0.717) is 17.2 Å². The average molecular weight is 309 g/mol. The lowest BCUT2D eigenvalue weighted by Crippen LogP contribution is -2.37. The summed E-state index contributed by atoms with van der Waals surface area (Å²) in [6.07, 6.45) is 8.27. The van der Waals surface area contributed by atoms with Crippen LogP contribution in [0.3, 0.4) is 0 Å². The molecule has 1 aromatic rings. The zero-order valence-electron chi connectivity index (χ0n) is 12.5. The summed E-state index contributed by atoms with van der Waals surface area (Å²) in [5.41, 5.74) is 0. The molecule has 21 heavy (non-hydrogen) atoms. The molecular formula is C14H23N5OS. The number of nitrogens with zero attached hydrogens (tertiary/aromatic N) is 3. The van der Waals surface area contributed by atoms with Gasteiger partial charge in [0.15, 0.2) is 0 Å². The molecule has 1 aromatic heterocycles. The summed E-state index contributed by atoms with van der Waals surface area (Å²) < 4.78 is 0. The van der Waals surface area contributed by atoms with Crippen molar-refractivity contribution >= 4 is 27.6 Å². The van der Waals surface area contributed by atoms with Crippen LogP contribution in [0.25, 0.3) is 0 Å². The molecule has 0 bridgehead atoms. The number of carbonyl (C=O) groups is 1. The van der Waals surface area contributed by atoms with Gasteiger partial charge in [-0.15, -0.1) is 10.2 Å². The van der Waals surface area contributed by atoms with Crippen molar-refractivity contribution in [2.45, 2.75) is 64.0 Å². The van der Waals surface area contributed by atoms with Crippen molar-refractivity contribution in [3.63, 3.8) is 0 Å². The number of piperidine rings is 1. The van der Waals surface area contributed by atoms with E-state index in [-0.39, 0.29) is 6.03 Å². The highest BCUT2D eigenvalue weighted by Crippen LogP contribution is 2.29. The Morgan fingerprint density at radius 2 is 1.95 bits per heavy atom. The van der Waals surface area contributed by atoms with E-state index in [1.807, 2.05) is 0 Å². The van der Waals surface area contributed by atoms with Crippen LogP contribution in [0.15, 0.2) is 0 Å². The molecule has 2 N–H and O–H groups in total. The summed E-state index contributed by atoms with van der Waals surface area (Å²) in [6, 6.07) is 0.669. The summed E-state index contributed by atoms with van der Waals surface area (Å²) in [7, 11) is 0. The van der Waals surface area contributed by atoms with Gasteiger partial charge >= 0.3 is 6.03 Å². The van der Waals surface area contributed by atoms with Crippen molar-refractivity contribution < 1.29 is 4.79 Å². The highest BCUT2D eigenvalue weighted by atomic mass is 32.1. The molecule has 1 atom stereocenters. The minimum atomic E-state index is -0.156. The van der Waals surface area contributed by atoms with Crippen molar-refractivity contribution in [2.75, 3.05) is 16.8 Å². The van der Waals surface area contributed by atoms with E-state index in [9.17, 15) is 4.79 Å². The van der Waals surface area contributed by atoms with Crippen LogP contribution in [0, 0.1) is 0 Å². The van der Waals surface area contributed by atoms with Gasteiger partial charge in [-0.1, -0.05) is 24.2 Å². The first-order valence-electron chi connectivity index (χ1n) is 7.90. The van der Waals surface area contributed by atoms with Gasteiger partial charge in [-0.2, -0.15) is 0 Å². The van der Waals surface area contributed by atoms with Gasteiger partial charge in [0.2, 0.25) is 10.3 Å². The molecule has 2 aliphatic rings. The summed E-state index contributed by atoms with van der Waals surface area (Å²) in [5.74, 6) is 0. The maximum atomic E-state index is 11.9. The minimum absolute atomic E-state index is 0.156. The normalized spacial score (nSPS) is 23.3. The third-order valence-electron chi connectivity index (χ3n) is 4.37. The Balaban J connectivity index is 1.55. The van der Waals surface area contributed by atoms with Crippen LogP contribution in [0.4, 0.5) is 15.1 Å². The van der Waals surface area contributed by atoms with Gasteiger partial charge in [-0.3, -0.25) is 5.32 Å². The molecule has 1 saturated carbocycles. The Hall–Kier alpha value is -1.37. The fourth-order valence-electron chi connectivity index (χ4n) is 3.15. The topological polar surface area (TPSA) is 70.2 Å². The second kappa shape index (κ2) is 6.60. The Kier molecular flexibility index (Phi) is 4.57. The van der Waals surface area contributed by atoms with Gasteiger partial charge in [0, 0.05) is 18.6 Å². The molecule has 1 aliphatic heterocycles. The molecule has 7 heteroatoms. The predicted octanol–water partition coefficient (Wildman–Crippen LogP) is 2.98. The quantitative estimate of drug-likeness (QED) is 0.900. The Morgan fingerprint density at radius 1 is 1.19 bits per heavy atom. The standard InChI is InChI=1S/C14H23N5OS/c1-10-6-4-5-9-19(10)14-18-17-13(21-14)16-12(20)15-11-7-2-3-8-11/h10-11H,2-9H2,1H3,(H2,15,16,17,20). The van der Waals surface area contributed by atoms with Crippen LogP contribution >= 0.6 is 11.3 Å². The van der Waals surface area contributed by atoms with Gasteiger partial charge in [-0.25, -0.2) is 4.79 Å². The van der Waals surface area contributed by atoms with Crippen LogP contribution < -0.4 is 15.5 Å². The van der Waals surface area contributed by atoms with Crippen LogP contribution in [-0.4, -0.2) is 34.9 Å². The van der Waals surface area contributed by atoms with E-state index < -0.39 is 0 Å². The van der Waals surface area contributed by atoms with Crippen LogP contribution in [0.2, 0.25) is 0 Å². The molecule has 1 aliphatic carbocycles. The molecule has 1 saturated heterocycles. The van der Waals surface area contributed by atoms with Gasteiger partial charge in [0.1, 0.15) is 0 Å². The van der Waals surface area contributed by atoms with E-state index in [0.717, 1.165) is 24.5 Å². The lowest BCUT2D eigenvalue weighted by molar-refractivity contribution is 0.248. The highest BCUT2D eigenvalue weighted by Gasteiger charge is 2.23. The molecule has 0 aromatic carbocycles. The van der Waals surface area contributed by atoms with E-state index in [1.54, 1.807) is 0 Å². The van der Waals surface area contributed by atoms with Crippen molar-refractivity contribution in [3.05, 3.63) is 0 Å². The summed E-state index contributed by atoms with van der Waals surface area (Å²) in [4.78, 5) is 14.2. The molecule has 0 spiro atoms. The highest BCUT2D eigenvalue weighted by molar-refractivity contribution is 7.19. The number of rotatable bonds is 3. The van der Waals surface area contributed by atoms with Gasteiger partial charge in [-0.05, 0) is 39.0 Å². The molecule has 116 valence electrons. The Morgan fingerprint density at radius 3 is 2.71 bits per heavy atom. The first-order chi connectivity index (χ1) is 10.2. The molecule has 2 amide bonds. The average Bonchev–Trinajstić information content (AvgIpc) is 3.11. The Labute approximate surface area is 129 Å². The molecule has 2 fully saturated rings. The predicted molar refractivity (Wildman–Crippen MR) is 85.0 cm³/mol. The number of anilines is 2. The smallest absolute Gasteiger partial charge is 0.321 e. The second-order valence-corrected chi connectivity index (χ2v) is 6.96. The first-order valence-corrected chi connectivity index (χ1v) is 8.71. The second-order valence-electron chi connectivity index (χ2n) is 6.01. The van der Waals surface area contributed by atoms with E-state index >= 15 is 0 Å². The third kappa shape index (κ3) is 3.64. The lowest BCUT2D eigenvalue weighted by Gasteiger charge is -2.32. The zero-order chi connectivity index (χ0) is 14.7. The Bertz CT molecular complexity index is 485. The van der Waals surface area contributed by atoms with Gasteiger partial charge < -0.3 is 10.2 Å². The van der Waals surface area contributed by atoms with E-state index in [2.05, 4.69) is 32.7 Å².